The van der Waals surface area contributed by atoms with Crippen LogP contribution in [0.1, 0.15) is 20.3 Å². The minimum absolute atomic E-state index is 0.0496. The Balaban J connectivity index is 3.79. The molecule has 1 atom stereocenters. The van der Waals surface area contributed by atoms with E-state index < -0.39 is 12.0 Å². The molecule has 7 heteroatoms. The van der Waals surface area contributed by atoms with Crippen LogP contribution in [0.5, 0.6) is 0 Å². The van der Waals surface area contributed by atoms with Crippen LogP contribution in [0.2, 0.25) is 0 Å². The molecule has 17 heavy (non-hydrogen) atoms. The molecule has 0 heterocycles. The summed E-state index contributed by atoms with van der Waals surface area (Å²) in [6.07, 6.45) is 0.352. The Kier molecular flexibility index (Phi) is 8.21. The summed E-state index contributed by atoms with van der Waals surface area (Å²) in [5.74, 6) is -0.692. The van der Waals surface area contributed by atoms with Crippen molar-refractivity contribution >= 4 is 29.5 Å². The lowest BCUT2D eigenvalue weighted by Crippen LogP contribution is -2.41. The molecule has 0 aliphatic carbocycles. The number of carbonyl (C=O) groups excluding carboxylic acids is 2. The molecule has 3 N–H and O–H groups in total. The zero-order valence-corrected chi connectivity index (χ0v) is 10.8. The van der Waals surface area contributed by atoms with E-state index >= 15 is 0 Å². The van der Waals surface area contributed by atoms with Gasteiger partial charge in [0, 0.05) is 31.4 Å². The van der Waals surface area contributed by atoms with Crippen LogP contribution >= 0.6 is 11.8 Å². The predicted molar refractivity (Wildman–Crippen MR) is 65.9 cm³/mol. The van der Waals surface area contributed by atoms with Gasteiger partial charge in [-0.15, -0.1) is 0 Å². The number of rotatable bonds is 8. The van der Waals surface area contributed by atoms with Gasteiger partial charge in [-0.2, -0.15) is 11.8 Å². The van der Waals surface area contributed by atoms with E-state index in [1.165, 1.54) is 18.7 Å². The third-order valence-electron chi connectivity index (χ3n) is 1.81. The molecule has 0 aliphatic heterocycles. The molecule has 0 radical (unpaired) electrons. The van der Waals surface area contributed by atoms with E-state index in [1.807, 2.05) is 6.92 Å². The van der Waals surface area contributed by atoms with Gasteiger partial charge in [-0.1, -0.05) is 0 Å². The van der Waals surface area contributed by atoms with Crippen molar-refractivity contribution in [1.29, 1.82) is 0 Å². The maximum Gasteiger partial charge on any atom is 0.327 e. The molecule has 6 nitrogen and oxygen atoms in total. The predicted octanol–water partition coefficient (Wildman–Crippen LogP) is -0.165. The van der Waals surface area contributed by atoms with Gasteiger partial charge in [0.05, 0.1) is 0 Å². The van der Waals surface area contributed by atoms with E-state index in [2.05, 4.69) is 10.6 Å². The molecule has 0 unspecified atom stereocenters. The monoisotopic (exact) mass is 262 g/mol. The number of amides is 2. The number of carboxylic acid groups (broad SMARTS) is 1. The molecule has 0 aromatic heterocycles. The van der Waals surface area contributed by atoms with Gasteiger partial charge in [-0.25, -0.2) is 4.79 Å². The molecule has 0 aromatic rings. The van der Waals surface area contributed by atoms with E-state index in [0.717, 1.165) is 0 Å². The van der Waals surface area contributed by atoms with Gasteiger partial charge >= 0.3 is 5.97 Å². The molecule has 2 amide bonds. The van der Waals surface area contributed by atoms with Crippen LogP contribution in [-0.2, 0) is 14.4 Å². The van der Waals surface area contributed by atoms with Crippen LogP contribution < -0.4 is 10.6 Å². The fourth-order valence-electron chi connectivity index (χ4n) is 1.07. The van der Waals surface area contributed by atoms with E-state index in [1.54, 1.807) is 0 Å². The number of carboxylic acids is 1. The largest absolute Gasteiger partial charge is 0.480 e. The fourth-order valence-corrected chi connectivity index (χ4v) is 2.03. The average molecular weight is 262 g/mol. The van der Waals surface area contributed by atoms with Crippen molar-refractivity contribution in [2.75, 3.05) is 18.1 Å². The molecule has 0 fully saturated rings. The smallest absolute Gasteiger partial charge is 0.327 e. The Morgan fingerprint density at radius 2 is 2.00 bits per heavy atom. The maximum atomic E-state index is 11.1. The quantitative estimate of drug-likeness (QED) is 0.528. The van der Waals surface area contributed by atoms with Crippen LogP contribution in [0.15, 0.2) is 0 Å². The highest BCUT2D eigenvalue weighted by Gasteiger charge is 2.17. The Bertz CT molecular complexity index is 283. The van der Waals surface area contributed by atoms with Gasteiger partial charge in [0.15, 0.2) is 0 Å². The summed E-state index contributed by atoms with van der Waals surface area (Å²) >= 11 is 1.33. The second-order valence-corrected chi connectivity index (χ2v) is 4.52. The van der Waals surface area contributed by atoms with E-state index in [9.17, 15) is 14.4 Å². The van der Waals surface area contributed by atoms with Crippen molar-refractivity contribution in [3.63, 3.8) is 0 Å². The summed E-state index contributed by atoms with van der Waals surface area (Å²) in [6.45, 7) is 3.70. The van der Waals surface area contributed by atoms with Crippen LogP contribution in [0.4, 0.5) is 0 Å². The van der Waals surface area contributed by atoms with Gasteiger partial charge in [0.25, 0.3) is 0 Å². The van der Waals surface area contributed by atoms with Crippen molar-refractivity contribution in [1.82, 2.24) is 10.6 Å². The average Bonchev–Trinajstić information content (AvgIpc) is 2.22. The van der Waals surface area contributed by atoms with Gasteiger partial charge in [-0.3, -0.25) is 9.59 Å². The molecule has 98 valence electrons. The Labute approximate surface area is 105 Å². The van der Waals surface area contributed by atoms with Crippen molar-refractivity contribution in [3.05, 3.63) is 0 Å². The molecule has 0 rings (SSSR count). The van der Waals surface area contributed by atoms with Crippen molar-refractivity contribution in [3.8, 4) is 0 Å². The van der Waals surface area contributed by atoms with E-state index in [0.29, 0.717) is 18.7 Å². The van der Waals surface area contributed by atoms with Crippen LogP contribution in [0.25, 0.3) is 0 Å². The lowest BCUT2D eigenvalue weighted by Gasteiger charge is -2.12. The number of hydrogen-bond donors (Lipinski definition) is 3. The van der Waals surface area contributed by atoms with Gasteiger partial charge in [-0.05, 0) is 6.92 Å². The SMILES string of the molecule is CCNC(=O)CCSC[C@H](NC(C)=O)C(=O)O. The number of aliphatic carboxylic acids is 1. The fraction of sp³-hybridized carbons (Fsp3) is 0.700. The number of nitrogens with one attached hydrogen (secondary N) is 2. The topological polar surface area (TPSA) is 95.5 Å². The standard InChI is InChI=1S/C10H18N2O4S/c1-3-11-9(14)4-5-17-6-8(10(15)16)12-7(2)13/h8H,3-6H2,1-2H3,(H,11,14)(H,12,13)(H,15,16)/t8-/m0/s1. The van der Waals surface area contributed by atoms with Gasteiger partial charge < -0.3 is 15.7 Å². The zero-order chi connectivity index (χ0) is 13.3. The van der Waals surface area contributed by atoms with Gasteiger partial charge in [0.1, 0.15) is 6.04 Å². The first-order valence-corrected chi connectivity index (χ1v) is 6.47. The van der Waals surface area contributed by atoms with E-state index in [-0.39, 0.29) is 17.6 Å². The second kappa shape index (κ2) is 8.86. The van der Waals surface area contributed by atoms with Crippen LogP contribution in [0.3, 0.4) is 0 Å². The molecule has 0 bridgehead atoms. The lowest BCUT2D eigenvalue weighted by atomic mass is 10.3. The minimum Gasteiger partial charge on any atom is -0.480 e. The van der Waals surface area contributed by atoms with Gasteiger partial charge in [0.2, 0.25) is 11.8 Å². The molecule has 0 spiro atoms. The number of carbonyl (C=O) groups is 3. The molecule has 0 aliphatic rings. The third kappa shape index (κ3) is 8.56. The Hall–Kier alpha value is -1.24. The maximum absolute atomic E-state index is 11.1. The third-order valence-corrected chi connectivity index (χ3v) is 2.87. The Morgan fingerprint density at radius 1 is 1.35 bits per heavy atom. The van der Waals surface area contributed by atoms with Crippen molar-refractivity contribution in [2.45, 2.75) is 26.3 Å². The lowest BCUT2D eigenvalue weighted by molar-refractivity contribution is -0.140. The summed E-state index contributed by atoms with van der Waals surface area (Å²) in [5, 5.41) is 13.8. The first kappa shape index (κ1) is 15.8. The highest BCUT2D eigenvalue weighted by molar-refractivity contribution is 7.99. The molecular weight excluding hydrogens is 244 g/mol. The minimum atomic E-state index is -1.06. The molecule has 0 saturated heterocycles. The molecule has 0 saturated carbocycles. The number of thioether (sulfide) groups is 1. The second-order valence-electron chi connectivity index (χ2n) is 3.37. The normalized spacial score (nSPS) is 11.6. The summed E-state index contributed by atoms with van der Waals surface area (Å²) in [5.41, 5.74) is 0. The molecule has 0 aromatic carbocycles. The van der Waals surface area contributed by atoms with Crippen LogP contribution in [-0.4, -0.2) is 47.0 Å². The summed E-state index contributed by atoms with van der Waals surface area (Å²) < 4.78 is 0. The van der Waals surface area contributed by atoms with Crippen molar-refractivity contribution < 1.29 is 19.5 Å². The van der Waals surface area contributed by atoms with Crippen molar-refractivity contribution in [2.24, 2.45) is 0 Å². The summed E-state index contributed by atoms with van der Waals surface area (Å²) in [6, 6.07) is -0.897. The first-order valence-electron chi connectivity index (χ1n) is 5.31. The summed E-state index contributed by atoms with van der Waals surface area (Å²) in [4.78, 5) is 32.6. The highest BCUT2D eigenvalue weighted by Crippen LogP contribution is 2.05. The number of hydrogen-bond acceptors (Lipinski definition) is 4. The highest BCUT2D eigenvalue weighted by atomic mass is 32.2. The Morgan fingerprint density at radius 3 is 2.47 bits per heavy atom. The van der Waals surface area contributed by atoms with Crippen LogP contribution in [0, 0.1) is 0 Å². The zero-order valence-electron chi connectivity index (χ0n) is 9.99. The molecular formula is C10H18N2O4S. The first-order chi connectivity index (χ1) is 7.97. The summed E-state index contributed by atoms with van der Waals surface area (Å²) in [7, 11) is 0. The van der Waals surface area contributed by atoms with E-state index in [4.69, 9.17) is 5.11 Å².